The van der Waals surface area contributed by atoms with Gasteiger partial charge >= 0.3 is 0 Å². The summed E-state index contributed by atoms with van der Waals surface area (Å²) >= 11 is 0. The van der Waals surface area contributed by atoms with Gasteiger partial charge in [0.25, 0.3) is 5.91 Å². The molecule has 0 saturated carbocycles. The maximum absolute atomic E-state index is 11.8. The molecular formula is C22H26N2O3. The molecule has 3 rings (SSSR count). The molecule has 0 radical (unpaired) electrons. The lowest BCUT2D eigenvalue weighted by atomic mass is 10.1. The second kappa shape index (κ2) is 9.33. The highest BCUT2D eigenvalue weighted by molar-refractivity contribution is 5.82. The molecule has 2 aromatic rings. The molecule has 27 heavy (non-hydrogen) atoms. The third-order valence-electron chi connectivity index (χ3n) is 4.65. The first kappa shape index (κ1) is 19.1. The third-order valence-corrected chi connectivity index (χ3v) is 4.65. The van der Waals surface area contributed by atoms with E-state index in [0.29, 0.717) is 12.3 Å². The molecule has 2 aromatic carbocycles. The largest absolute Gasteiger partial charge is 0.484 e. The number of rotatable bonds is 7. The molecule has 5 nitrogen and oxygen atoms in total. The van der Waals surface area contributed by atoms with Gasteiger partial charge in [0, 0.05) is 19.4 Å². The zero-order valence-electron chi connectivity index (χ0n) is 15.9. The summed E-state index contributed by atoms with van der Waals surface area (Å²) in [6, 6.07) is 13.7. The van der Waals surface area contributed by atoms with Gasteiger partial charge in [-0.3, -0.25) is 9.79 Å². The number of amides is 1. The summed E-state index contributed by atoms with van der Waals surface area (Å²) in [6.45, 7) is 5.51. The molecule has 1 amide bonds. The van der Waals surface area contributed by atoms with Crippen molar-refractivity contribution >= 4 is 17.8 Å². The molecule has 0 unspecified atom stereocenters. The van der Waals surface area contributed by atoms with Crippen LogP contribution < -0.4 is 10.1 Å². The van der Waals surface area contributed by atoms with Crippen molar-refractivity contribution in [2.24, 2.45) is 4.99 Å². The number of nitrogens with zero attached hydrogens (tertiary/aromatic N) is 1. The minimum absolute atomic E-state index is 0.00278. The van der Waals surface area contributed by atoms with Crippen LogP contribution in [0, 0.1) is 13.8 Å². The van der Waals surface area contributed by atoms with E-state index < -0.39 is 0 Å². The van der Waals surface area contributed by atoms with Gasteiger partial charge in [-0.15, -0.1) is 0 Å². The molecular weight excluding hydrogens is 340 g/mol. The highest BCUT2D eigenvalue weighted by Gasteiger charge is 2.16. The number of carbonyl (C=O) groups excluding carboxylic acids is 1. The molecule has 1 aliphatic rings. The Morgan fingerprint density at radius 1 is 1.22 bits per heavy atom. The van der Waals surface area contributed by atoms with Crippen LogP contribution in [0.4, 0.5) is 5.69 Å². The number of hydrogen-bond acceptors (Lipinski definition) is 4. The molecule has 1 saturated heterocycles. The van der Waals surface area contributed by atoms with Crippen LogP contribution in [-0.2, 0) is 9.53 Å². The Hall–Kier alpha value is -2.66. The van der Waals surface area contributed by atoms with Crippen molar-refractivity contribution < 1.29 is 14.3 Å². The van der Waals surface area contributed by atoms with Crippen molar-refractivity contribution in [1.29, 1.82) is 0 Å². The van der Waals surface area contributed by atoms with Crippen LogP contribution in [0.25, 0.3) is 0 Å². The van der Waals surface area contributed by atoms with Gasteiger partial charge in [-0.2, -0.15) is 0 Å². The summed E-state index contributed by atoms with van der Waals surface area (Å²) < 4.78 is 11.0. The molecule has 1 N–H and O–H groups in total. The van der Waals surface area contributed by atoms with Gasteiger partial charge in [0.1, 0.15) is 5.75 Å². The first-order chi connectivity index (χ1) is 13.1. The van der Waals surface area contributed by atoms with Crippen LogP contribution in [0.15, 0.2) is 47.5 Å². The molecule has 142 valence electrons. The van der Waals surface area contributed by atoms with Gasteiger partial charge in [-0.1, -0.05) is 6.07 Å². The summed E-state index contributed by atoms with van der Waals surface area (Å²) in [5, 5.41) is 2.84. The van der Waals surface area contributed by atoms with E-state index in [-0.39, 0.29) is 18.6 Å². The van der Waals surface area contributed by atoms with Gasteiger partial charge in [0.2, 0.25) is 0 Å². The minimum Gasteiger partial charge on any atom is -0.484 e. The van der Waals surface area contributed by atoms with E-state index >= 15 is 0 Å². The van der Waals surface area contributed by atoms with Crippen LogP contribution in [0.5, 0.6) is 5.75 Å². The molecule has 0 aliphatic carbocycles. The topological polar surface area (TPSA) is 59.9 Å². The van der Waals surface area contributed by atoms with Crippen molar-refractivity contribution in [2.75, 3.05) is 19.8 Å². The van der Waals surface area contributed by atoms with E-state index in [9.17, 15) is 4.79 Å². The Morgan fingerprint density at radius 2 is 2.04 bits per heavy atom. The minimum atomic E-state index is -0.133. The summed E-state index contributed by atoms with van der Waals surface area (Å²) in [5.41, 5.74) is 4.39. The number of nitrogens with one attached hydrogen (secondary N) is 1. The maximum atomic E-state index is 11.8. The average Bonchev–Trinajstić information content (AvgIpc) is 3.20. The van der Waals surface area contributed by atoms with Crippen LogP contribution in [0.2, 0.25) is 0 Å². The predicted octanol–water partition coefficient (Wildman–Crippen LogP) is 3.73. The Labute approximate surface area is 160 Å². The summed E-state index contributed by atoms with van der Waals surface area (Å²) in [7, 11) is 0. The normalized spacial score (nSPS) is 16.6. The molecule has 1 fully saturated rings. The fourth-order valence-corrected chi connectivity index (χ4v) is 2.84. The van der Waals surface area contributed by atoms with Gasteiger partial charge in [0.05, 0.1) is 11.8 Å². The molecule has 0 spiro atoms. The standard InChI is InChI=1S/C22H26N2O3/c1-16-5-8-19(12-17(16)2)23-13-18-6-9-20(10-7-18)27-15-22(25)24-14-21-4-3-11-26-21/h5-10,12-13,21H,3-4,11,14-15H2,1-2H3,(H,24,25)/t21-/m0/s1. The number of hydrogen-bond donors (Lipinski definition) is 1. The lowest BCUT2D eigenvalue weighted by molar-refractivity contribution is -0.123. The Morgan fingerprint density at radius 3 is 2.74 bits per heavy atom. The molecule has 1 heterocycles. The van der Waals surface area contributed by atoms with E-state index in [1.165, 1.54) is 11.1 Å². The second-order valence-electron chi connectivity index (χ2n) is 6.82. The number of carbonyl (C=O) groups is 1. The summed E-state index contributed by atoms with van der Waals surface area (Å²) in [5.74, 6) is 0.525. The SMILES string of the molecule is Cc1ccc(N=Cc2ccc(OCC(=O)NC[C@@H]3CCCO3)cc2)cc1C. The van der Waals surface area contributed by atoms with E-state index in [0.717, 1.165) is 30.7 Å². The molecule has 5 heteroatoms. The van der Waals surface area contributed by atoms with Gasteiger partial charge in [-0.05, 0) is 79.8 Å². The Balaban J connectivity index is 1.45. The van der Waals surface area contributed by atoms with Crippen LogP contribution >= 0.6 is 0 Å². The number of ether oxygens (including phenoxy) is 2. The van der Waals surface area contributed by atoms with Crippen molar-refractivity contribution in [2.45, 2.75) is 32.8 Å². The highest BCUT2D eigenvalue weighted by atomic mass is 16.5. The predicted molar refractivity (Wildman–Crippen MR) is 107 cm³/mol. The van der Waals surface area contributed by atoms with Crippen LogP contribution in [0.1, 0.15) is 29.5 Å². The zero-order valence-corrected chi connectivity index (χ0v) is 15.9. The molecule has 0 bridgehead atoms. The average molecular weight is 366 g/mol. The summed E-state index contributed by atoms with van der Waals surface area (Å²) in [4.78, 5) is 16.3. The van der Waals surface area contributed by atoms with Crippen LogP contribution in [0.3, 0.4) is 0 Å². The first-order valence-corrected chi connectivity index (χ1v) is 9.32. The quantitative estimate of drug-likeness (QED) is 0.760. The fraction of sp³-hybridized carbons (Fsp3) is 0.364. The van der Waals surface area contributed by atoms with Crippen molar-refractivity contribution in [1.82, 2.24) is 5.32 Å². The van der Waals surface area contributed by atoms with Gasteiger partial charge in [0.15, 0.2) is 6.61 Å². The smallest absolute Gasteiger partial charge is 0.258 e. The number of aryl methyl sites for hydroxylation is 2. The Bertz CT molecular complexity index is 794. The zero-order chi connectivity index (χ0) is 19.1. The molecule has 0 aromatic heterocycles. The maximum Gasteiger partial charge on any atom is 0.258 e. The van der Waals surface area contributed by atoms with Crippen molar-refractivity contribution in [3.8, 4) is 5.75 Å². The van der Waals surface area contributed by atoms with E-state index in [4.69, 9.17) is 9.47 Å². The highest BCUT2D eigenvalue weighted by Crippen LogP contribution is 2.18. The lowest BCUT2D eigenvalue weighted by Gasteiger charge is -2.11. The van der Waals surface area contributed by atoms with E-state index in [1.54, 1.807) is 0 Å². The lowest BCUT2D eigenvalue weighted by Crippen LogP contribution is -2.35. The second-order valence-corrected chi connectivity index (χ2v) is 6.82. The Kier molecular flexibility index (Phi) is 6.60. The van der Waals surface area contributed by atoms with Crippen LogP contribution in [-0.4, -0.2) is 38.0 Å². The van der Waals surface area contributed by atoms with Crippen molar-refractivity contribution in [3.05, 3.63) is 59.2 Å². The number of benzene rings is 2. The van der Waals surface area contributed by atoms with Gasteiger partial charge < -0.3 is 14.8 Å². The third kappa shape index (κ3) is 5.93. The molecule has 1 atom stereocenters. The first-order valence-electron chi connectivity index (χ1n) is 9.32. The van der Waals surface area contributed by atoms with Crippen molar-refractivity contribution in [3.63, 3.8) is 0 Å². The number of aliphatic imine (C=N–C) groups is 1. The monoisotopic (exact) mass is 366 g/mol. The summed E-state index contributed by atoms with van der Waals surface area (Å²) in [6.07, 6.45) is 4.04. The molecule has 1 aliphatic heterocycles. The fourth-order valence-electron chi connectivity index (χ4n) is 2.84. The van der Waals surface area contributed by atoms with Gasteiger partial charge in [-0.25, -0.2) is 0 Å². The van der Waals surface area contributed by atoms with E-state index in [2.05, 4.69) is 36.3 Å². The van der Waals surface area contributed by atoms with E-state index in [1.807, 2.05) is 36.5 Å².